The van der Waals surface area contributed by atoms with Crippen molar-refractivity contribution in [3.05, 3.63) is 6.42 Å². The van der Waals surface area contributed by atoms with Crippen LogP contribution in [0.5, 0.6) is 0 Å². The SMILES string of the molecule is CCCC[CH]C(=O)NCC(C)C. The highest BCUT2D eigenvalue weighted by atomic mass is 16.1. The van der Waals surface area contributed by atoms with Gasteiger partial charge in [-0.25, -0.2) is 0 Å². The molecule has 0 bridgehead atoms. The summed E-state index contributed by atoms with van der Waals surface area (Å²) < 4.78 is 0. The van der Waals surface area contributed by atoms with Gasteiger partial charge in [0.1, 0.15) is 0 Å². The first-order valence-corrected chi connectivity index (χ1v) is 4.77. The van der Waals surface area contributed by atoms with E-state index in [4.69, 9.17) is 0 Å². The van der Waals surface area contributed by atoms with Crippen molar-refractivity contribution in [3.8, 4) is 0 Å². The van der Waals surface area contributed by atoms with Crippen LogP contribution in [0.25, 0.3) is 0 Å². The zero-order valence-corrected chi connectivity index (χ0v) is 8.39. The topological polar surface area (TPSA) is 29.1 Å². The molecule has 12 heavy (non-hydrogen) atoms. The van der Waals surface area contributed by atoms with Crippen LogP contribution in [0, 0.1) is 12.3 Å². The van der Waals surface area contributed by atoms with Crippen LogP contribution < -0.4 is 5.32 Å². The largest absolute Gasteiger partial charge is 0.356 e. The van der Waals surface area contributed by atoms with Gasteiger partial charge in [0.15, 0.2) is 0 Å². The molecule has 2 heteroatoms. The maximum Gasteiger partial charge on any atom is 0.223 e. The highest BCUT2D eigenvalue weighted by Crippen LogP contribution is 1.97. The lowest BCUT2D eigenvalue weighted by molar-refractivity contribution is -0.118. The van der Waals surface area contributed by atoms with E-state index in [9.17, 15) is 4.79 Å². The van der Waals surface area contributed by atoms with E-state index < -0.39 is 0 Å². The third-order valence-corrected chi connectivity index (χ3v) is 1.57. The van der Waals surface area contributed by atoms with Gasteiger partial charge in [-0.1, -0.05) is 33.6 Å². The molecule has 0 rings (SSSR count). The monoisotopic (exact) mass is 170 g/mol. The van der Waals surface area contributed by atoms with Crippen LogP contribution >= 0.6 is 0 Å². The summed E-state index contributed by atoms with van der Waals surface area (Å²) in [6, 6.07) is 0. The van der Waals surface area contributed by atoms with Gasteiger partial charge in [-0.15, -0.1) is 0 Å². The minimum atomic E-state index is 0.0807. The molecule has 1 N–H and O–H groups in total. The number of unbranched alkanes of at least 4 members (excludes halogenated alkanes) is 2. The highest BCUT2D eigenvalue weighted by molar-refractivity contribution is 5.84. The van der Waals surface area contributed by atoms with Crippen molar-refractivity contribution >= 4 is 5.91 Å². The summed E-state index contributed by atoms with van der Waals surface area (Å²) in [5, 5.41) is 2.85. The zero-order chi connectivity index (χ0) is 9.40. The Labute approximate surface area is 75.7 Å². The minimum Gasteiger partial charge on any atom is -0.356 e. The van der Waals surface area contributed by atoms with Crippen molar-refractivity contribution in [2.24, 2.45) is 5.92 Å². The maximum atomic E-state index is 11.1. The van der Waals surface area contributed by atoms with Gasteiger partial charge in [0.25, 0.3) is 0 Å². The lowest BCUT2D eigenvalue weighted by atomic mass is 10.2. The van der Waals surface area contributed by atoms with Gasteiger partial charge in [-0.2, -0.15) is 0 Å². The van der Waals surface area contributed by atoms with Gasteiger partial charge in [0.2, 0.25) is 5.91 Å². The van der Waals surface area contributed by atoms with E-state index in [0.717, 1.165) is 25.8 Å². The third-order valence-electron chi connectivity index (χ3n) is 1.57. The molecule has 0 unspecified atom stereocenters. The van der Waals surface area contributed by atoms with E-state index in [1.807, 2.05) is 0 Å². The van der Waals surface area contributed by atoms with E-state index in [1.54, 1.807) is 6.42 Å². The molecule has 1 radical (unpaired) electrons. The van der Waals surface area contributed by atoms with Gasteiger partial charge in [-0.05, 0) is 12.3 Å². The number of carbonyl (C=O) groups excluding carboxylic acids is 1. The second kappa shape index (κ2) is 7.14. The molecule has 0 fully saturated rings. The van der Waals surface area contributed by atoms with Crippen molar-refractivity contribution in [1.82, 2.24) is 5.32 Å². The molecule has 71 valence electrons. The van der Waals surface area contributed by atoms with Crippen molar-refractivity contribution < 1.29 is 4.79 Å². The Bertz CT molecular complexity index is 121. The first kappa shape index (κ1) is 11.5. The molecule has 0 aliphatic heterocycles. The fourth-order valence-electron chi connectivity index (χ4n) is 0.814. The Hall–Kier alpha value is -0.530. The summed E-state index contributed by atoms with van der Waals surface area (Å²) in [7, 11) is 0. The molecule has 0 aromatic carbocycles. The van der Waals surface area contributed by atoms with Crippen LogP contribution in [0.3, 0.4) is 0 Å². The van der Waals surface area contributed by atoms with Gasteiger partial charge < -0.3 is 5.32 Å². The smallest absolute Gasteiger partial charge is 0.223 e. The summed E-state index contributed by atoms with van der Waals surface area (Å²) in [5.74, 6) is 0.616. The first-order chi connectivity index (χ1) is 5.66. The van der Waals surface area contributed by atoms with Gasteiger partial charge in [-0.3, -0.25) is 4.79 Å². The minimum absolute atomic E-state index is 0.0807. The lowest BCUT2D eigenvalue weighted by Crippen LogP contribution is -2.27. The molecule has 2 nitrogen and oxygen atoms in total. The molecule has 0 heterocycles. The molecular weight excluding hydrogens is 150 g/mol. The summed E-state index contributed by atoms with van der Waals surface area (Å²) >= 11 is 0. The lowest BCUT2D eigenvalue weighted by Gasteiger charge is -2.06. The number of rotatable bonds is 6. The number of nitrogens with one attached hydrogen (secondary N) is 1. The Morgan fingerprint density at radius 3 is 2.67 bits per heavy atom. The fraction of sp³-hybridized carbons (Fsp3) is 0.800. The second-order valence-electron chi connectivity index (χ2n) is 3.49. The molecule has 0 aliphatic rings. The molecule has 0 saturated carbocycles. The molecule has 0 atom stereocenters. The average molecular weight is 170 g/mol. The predicted octanol–water partition coefficient (Wildman–Crippen LogP) is 2.15. The number of amides is 1. The van der Waals surface area contributed by atoms with E-state index in [-0.39, 0.29) is 5.91 Å². The molecule has 0 aliphatic carbocycles. The van der Waals surface area contributed by atoms with Gasteiger partial charge in [0.05, 0.1) is 0 Å². The molecule has 0 aromatic heterocycles. The summed E-state index contributed by atoms with van der Waals surface area (Å²) in [6.45, 7) is 7.08. The van der Waals surface area contributed by atoms with E-state index in [2.05, 4.69) is 26.1 Å². The van der Waals surface area contributed by atoms with Gasteiger partial charge >= 0.3 is 0 Å². The normalized spacial score (nSPS) is 10.3. The van der Waals surface area contributed by atoms with E-state index >= 15 is 0 Å². The Balaban J connectivity index is 3.22. The predicted molar refractivity (Wildman–Crippen MR) is 51.7 cm³/mol. The highest BCUT2D eigenvalue weighted by Gasteiger charge is 2.01. The number of carbonyl (C=O) groups is 1. The maximum absolute atomic E-state index is 11.1. The zero-order valence-electron chi connectivity index (χ0n) is 8.39. The van der Waals surface area contributed by atoms with Crippen LogP contribution in [-0.4, -0.2) is 12.5 Å². The molecule has 1 amide bonds. The van der Waals surface area contributed by atoms with Crippen molar-refractivity contribution in [2.45, 2.75) is 40.0 Å². The Morgan fingerprint density at radius 2 is 2.17 bits per heavy atom. The van der Waals surface area contributed by atoms with Crippen LogP contribution in [-0.2, 0) is 4.79 Å². The van der Waals surface area contributed by atoms with Gasteiger partial charge in [0, 0.05) is 13.0 Å². The number of hydrogen-bond acceptors (Lipinski definition) is 1. The van der Waals surface area contributed by atoms with Crippen LogP contribution in [0.4, 0.5) is 0 Å². The third kappa shape index (κ3) is 7.58. The fourth-order valence-corrected chi connectivity index (χ4v) is 0.814. The molecule has 0 saturated heterocycles. The summed E-state index contributed by atoms with van der Waals surface area (Å²) in [4.78, 5) is 11.1. The van der Waals surface area contributed by atoms with E-state index in [1.165, 1.54) is 0 Å². The quantitative estimate of drug-likeness (QED) is 0.608. The standard InChI is InChI=1S/C10H20NO/c1-4-5-6-7-10(12)11-8-9(2)3/h7,9H,4-6,8H2,1-3H3,(H,11,12). The summed E-state index contributed by atoms with van der Waals surface area (Å²) in [6.07, 6.45) is 4.90. The molecular formula is C10H20NO. The Morgan fingerprint density at radius 1 is 1.50 bits per heavy atom. The van der Waals surface area contributed by atoms with Crippen LogP contribution in [0.2, 0.25) is 0 Å². The van der Waals surface area contributed by atoms with Crippen LogP contribution in [0.15, 0.2) is 0 Å². The molecule has 0 aromatic rings. The van der Waals surface area contributed by atoms with Crippen molar-refractivity contribution in [2.75, 3.05) is 6.54 Å². The second-order valence-corrected chi connectivity index (χ2v) is 3.49. The first-order valence-electron chi connectivity index (χ1n) is 4.77. The average Bonchev–Trinajstić information content (AvgIpc) is 2.01. The number of hydrogen-bond donors (Lipinski definition) is 1. The van der Waals surface area contributed by atoms with E-state index in [0.29, 0.717) is 5.92 Å². The van der Waals surface area contributed by atoms with Crippen molar-refractivity contribution in [3.63, 3.8) is 0 Å². The summed E-state index contributed by atoms with van der Waals surface area (Å²) in [5.41, 5.74) is 0. The molecule has 0 spiro atoms. The Kier molecular flexibility index (Phi) is 6.82. The van der Waals surface area contributed by atoms with Crippen LogP contribution in [0.1, 0.15) is 40.0 Å². The van der Waals surface area contributed by atoms with Crippen molar-refractivity contribution in [1.29, 1.82) is 0 Å².